The summed E-state index contributed by atoms with van der Waals surface area (Å²) >= 11 is 3.41. The molecule has 0 atom stereocenters. The fraction of sp³-hybridized carbons (Fsp3) is 0.600. The molecule has 20 heavy (non-hydrogen) atoms. The van der Waals surface area contributed by atoms with Gasteiger partial charge in [0.05, 0.1) is 17.6 Å². The second-order valence-electron chi connectivity index (χ2n) is 5.68. The topological polar surface area (TPSA) is 42.4 Å². The average molecular weight is 339 g/mol. The fourth-order valence-corrected chi connectivity index (χ4v) is 3.27. The minimum Gasteiger partial charge on any atom is -0.470 e. The highest BCUT2D eigenvalue weighted by atomic mass is 79.9. The lowest BCUT2D eigenvalue weighted by Gasteiger charge is -2.39. The molecule has 2 heterocycles. The van der Waals surface area contributed by atoms with Crippen molar-refractivity contribution >= 4 is 21.8 Å². The molecule has 2 aliphatic rings. The average Bonchev–Trinajstić information content (AvgIpc) is 2.88. The first-order valence-corrected chi connectivity index (χ1v) is 8.06. The maximum absolute atomic E-state index is 12.1. The van der Waals surface area contributed by atoms with Gasteiger partial charge in [0, 0.05) is 12.6 Å². The first kappa shape index (κ1) is 13.9. The van der Waals surface area contributed by atoms with E-state index in [1.807, 2.05) is 17.0 Å². The number of rotatable bonds is 4. The number of halogens is 1. The molecular formula is C15H19BrN2O2. The Morgan fingerprint density at radius 1 is 1.40 bits per heavy atom. The van der Waals surface area contributed by atoms with E-state index in [-0.39, 0.29) is 12.0 Å². The molecule has 1 aromatic rings. The van der Waals surface area contributed by atoms with Gasteiger partial charge in [0.1, 0.15) is 6.10 Å². The van der Waals surface area contributed by atoms with Gasteiger partial charge < -0.3 is 9.64 Å². The van der Waals surface area contributed by atoms with E-state index in [2.05, 4.69) is 20.9 Å². The summed E-state index contributed by atoms with van der Waals surface area (Å²) in [7, 11) is 0. The smallest absolute Gasteiger partial charge is 0.228 e. The highest BCUT2D eigenvalue weighted by Crippen LogP contribution is 2.29. The normalized spacial score (nSPS) is 19.9. The van der Waals surface area contributed by atoms with Crippen LogP contribution in [0.3, 0.4) is 0 Å². The number of pyridine rings is 1. The molecule has 2 fully saturated rings. The summed E-state index contributed by atoms with van der Waals surface area (Å²) in [5, 5.41) is 0. The van der Waals surface area contributed by atoms with Gasteiger partial charge in [-0.2, -0.15) is 0 Å². The first-order chi connectivity index (χ1) is 9.72. The van der Waals surface area contributed by atoms with E-state index < -0.39 is 0 Å². The second-order valence-corrected chi connectivity index (χ2v) is 6.54. The van der Waals surface area contributed by atoms with Gasteiger partial charge >= 0.3 is 0 Å². The zero-order valence-corrected chi connectivity index (χ0v) is 13.0. The Hall–Kier alpha value is -1.10. The number of hydrogen-bond acceptors (Lipinski definition) is 3. The standard InChI is InChI=1S/C15H19BrN2O2/c16-13-6-3-7-17-15(13)20-12-9-18(10-12)14(19)8-11-4-1-2-5-11/h3,6-7,11-12H,1-2,4-5,8-10H2. The summed E-state index contributed by atoms with van der Waals surface area (Å²) in [4.78, 5) is 18.2. The van der Waals surface area contributed by atoms with Gasteiger partial charge in [-0.15, -0.1) is 0 Å². The van der Waals surface area contributed by atoms with E-state index in [1.54, 1.807) is 6.20 Å². The molecule has 0 spiro atoms. The number of amides is 1. The molecule has 4 nitrogen and oxygen atoms in total. The van der Waals surface area contributed by atoms with Crippen LogP contribution in [0.4, 0.5) is 0 Å². The number of nitrogens with zero attached hydrogens (tertiary/aromatic N) is 2. The van der Waals surface area contributed by atoms with Crippen LogP contribution >= 0.6 is 15.9 Å². The number of ether oxygens (including phenoxy) is 1. The molecule has 1 aliphatic carbocycles. The molecule has 0 radical (unpaired) electrons. The van der Waals surface area contributed by atoms with Crippen LogP contribution in [0.1, 0.15) is 32.1 Å². The van der Waals surface area contributed by atoms with Crippen LogP contribution in [0.15, 0.2) is 22.8 Å². The van der Waals surface area contributed by atoms with Crippen molar-refractivity contribution < 1.29 is 9.53 Å². The van der Waals surface area contributed by atoms with E-state index in [1.165, 1.54) is 25.7 Å². The Labute approximate surface area is 127 Å². The van der Waals surface area contributed by atoms with Gasteiger partial charge in [-0.3, -0.25) is 4.79 Å². The minimum atomic E-state index is 0.0775. The van der Waals surface area contributed by atoms with Crippen molar-refractivity contribution in [2.75, 3.05) is 13.1 Å². The van der Waals surface area contributed by atoms with Crippen LogP contribution in [0, 0.1) is 5.92 Å². The van der Waals surface area contributed by atoms with Crippen LogP contribution in [-0.2, 0) is 4.79 Å². The highest BCUT2D eigenvalue weighted by molar-refractivity contribution is 9.10. The summed E-state index contributed by atoms with van der Waals surface area (Å²) < 4.78 is 6.64. The highest BCUT2D eigenvalue weighted by Gasteiger charge is 2.34. The number of carbonyl (C=O) groups is 1. The predicted octanol–water partition coefficient (Wildman–Crippen LogP) is 3.01. The van der Waals surface area contributed by atoms with E-state index in [0.29, 0.717) is 24.9 Å². The van der Waals surface area contributed by atoms with Crippen molar-refractivity contribution in [3.63, 3.8) is 0 Å². The monoisotopic (exact) mass is 338 g/mol. The quantitative estimate of drug-likeness (QED) is 0.847. The molecule has 1 saturated carbocycles. The number of aromatic nitrogens is 1. The maximum atomic E-state index is 12.1. The Morgan fingerprint density at radius 3 is 2.85 bits per heavy atom. The summed E-state index contributed by atoms with van der Waals surface area (Å²) in [5.41, 5.74) is 0. The molecule has 0 N–H and O–H groups in total. The summed E-state index contributed by atoms with van der Waals surface area (Å²) in [5.74, 6) is 1.52. The van der Waals surface area contributed by atoms with Gasteiger partial charge in [0.2, 0.25) is 11.8 Å². The van der Waals surface area contributed by atoms with Crippen LogP contribution in [0.5, 0.6) is 5.88 Å². The Balaban J connectivity index is 1.44. The van der Waals surface area contributed by atoms with Crippen molar-refractivity contribution in [1.29, 1.82) is 0 Å². The predicted molar refractivity (Wildman–Crippen MR) is 79.5 cm³/mol. The van der Waals surface area contributed by atoms with Crippen LogP contribution < -0.4 is 4.74 Å². The first-order valence-electron chi connectivity index (χ1n) is 7.27. The van der Waals surface area contributed by atoms with Crippen molar-refractivity contribution in [2.24, 2.45) is 5.92 Å². The Bertz CT molecular complexity index is 483. The molecule has 1 aliphatic heterocycles. The molecule has 3 rings (SSSR count). The van der Waals surface area contributed by atoms with Crippen molar-refractivity contribution in [3.8, 4) is 5.88 Å². The summed E-state index contributed by atoms with van der Waals surface area (Å²) in [6.07, 6.45) is 7.53. The molecule has 0 bridgehead atoms. The minimum absolute atomic E-state index is 0.0775. The summed E-state index contributed by atoms with van der Waals surface area (Å²) in [6, 6.07) is 3.76. The fourth-order valence-electron chi connectivity index (χ4n) is 2.92. The molecular weight excluding hydrogens is 320 g/mol. The van der Waals surface area contributed by atoms with Crippen LogP contribution in [0.25, 0.3) is 0 Å². The Morgan fingerprint density at radius 2 is 2.15 bits per heavy atom. The van der Waals surface area contributed by atoms with Crippen LogP contribution in [0.2, 0.25) is 0 Å². The van der Waals surface area contributed by atoms with Gasteiger partial charge in [0.15, 0.2) is 0 Å². The number of hydrogen-bond donors (Lipinski definition) is 0. The van der Waals surface area contributed by atoms with E-state index in [9.17, 15) is 4.79 Å². The lowest BCUT2D eigenvalue weighted by Crippen LogP contribution is -2.56. The zero-order valence-electron chi connectivity index (χ0n) is 11.4. The lowest BCUT2D eigenvalue weighted by atomic mass is 10.0. The maximum Gasteiger partial charge on any atom is 0.228 e. The number of likely N-dealkylation sites (tertiary alicyclic amines) is 1. The summed E-state index contributed by atoms with van der Waals surface area (Å²) in [6.45, 7) is 1.38. The molecule has 1 saturated heterocycles. The molecule has 1 aromatic heterocycles. The molecule has 5 heteroatoms. The zero-order chi connectivity index (χ0) is 13.9. The van der Waals surface area contributed by atoms with Gasteiger partial charge in [-0.25, -0.2) is 4.98 Å². The third-order valence-electron chi connectivity index (χ3n) is 4.14. The van der Waals surface area contributed by atoms with Crippen LogP contribution in [-0.4, -0.2) is 35.0 Å². The van der Waals surface area contributed by atoms with Crippen molar-refractivity contribution in [3.05, 3.63) is 22.8 Å². The lowest BCUT2D eigenvalue weighted by molar-refractivity contribution is -0.141. The van der Waals surface area contributed by atoms with E-state index in [4.69, 9.17) is 4.74 Å². The van der Waals surface area contributed by atoms with E-state index >= 15 is 0 Å². The molecule has 0 aromatic carbocycles. The largest absolute Gasteiger partial charge is 0.470 e. The van der Waals surface area contributed by atoms with Crippen molar-refractivity contribution in [1.82, 2.24) is 9.88 Å². The van der Waals surface area contributed by atoms with Gasteiger partial charge in [0.25, 0.3) is 0 Å². The molecule has 1 amide bonds. The second kappa shape index (κ2) is 6.12. The number of carbonyl (C=O) groups excluding carboxylic acids is 1. The third-order valence-corrected chi connectivity index (χ3v) is 4.75. The van der Waals surface area contributed by atoms with E-state index in [0.717, 1.165) is 10.9 Å². The van der Waals surface area contributed by atoms with Gasteiger partial charge in [-0.1, -0.05) is 12.8 Å². The molecule has 0 unspecified atom stereocenters. The van der Waals surface area contributed by atoms with Crippen molar-refractivity contribution in [2.45, 2.75) is 38.2 Å². The third kappa shape index (κ3) is 3.14. The van der Waals surface area contributed by atoms with Gasteiger partial charge in [-0.05, 0) is 46.8 Å². The SMILES string of the molecule is O=C(CC1CCCC1)N1CC(Oc2ncccc2Br)C1. The molecule has 108 valence electrons. The Kier molecular flexibility index (Phi) is 4.24.